The molecular weight excluding hydrogens is 593 g/mol. The van der Waals surface area contributed by atoms with Gasteiger partial charge in [0.15, 0.2) is 0 Å². The highest BCUT2D eigenvalue weighted by molar-refractivity contribution is 7.80. The largest absolute Gasteiger partial charge is 0.481 e. The van der Waals surface area contributed by atoms with E-state index in [4.69, 9.17) is 22.6 Å². The second kappa shape index (κ2) is 12.7. The van der Waals surface area contributed by atoms with Crippen molar-refractivity contribution in [3.63, 3.8) is 0 Å². The van der Waals surface area contributed by atoms with E-state index >= 15 is 0 Å². The number of aliphatic carboxylic acids is 2. The van der Waals surface area contributed by atoms with E-state index in [1.54, 1.807) is 0 Å². The predicted octanol–water partition coefficient (Wildman–Crippen LogP) is 7.99. The minimum absolute atomic E-state index is 0.0187. The molecule has 0 spiro atoms. The molecule has 230 valence electrons. The summed E-state index contributed by atoms with van der Waals surface area (Å²) in [6.45, 7) is 10.2. The van der Waals surface area contributed by atoms with Crippen LogP contribution in [-0.2, 0) is 16.0 Å². The number of hydrogen-bond acceptors (Lipinski definition) is 6. The fraction of sp³-hybridized carbons (Fsp3) is 0.353. The molecule has 5 rings (SSSR count). The minimum Gasteiger partial charge on any atom is -0.481 e. The fourth-order valence-electron chi connectivity index (χ4n) is 6.25. The Morgan fingerprint density at radius 3 is 1.77 bits per heavy atom. The van der Waals surface area contributed by atoms with Gasteiger partial charge in [-0.05, 0) is 128 Å². The van der Waals surface area contributed by atoms with Gasteiger partial charge in [-0.3, -0.25) is 9.59 Å². The summed E-state index contributed by atoms with van der Waals surface area (Å²) in [5.41, 5.74) is 14.6. The number of carboxylic acid groups (broad SMARTS) is 2. The number of allylic oxidation sites excluding steroid dienone is 4. The van der Waals surface area contributed by atoms with E-state index in [9.17, 15) is 19.8 Å². The highest BCUT2D eigenvalue weighted by Crippen LogP contribution is 2.38. The fourth-order valence-corrected chi connectivity index (χ4v) is 6.80. The summed E-state index contributed by atoms with van der Waals surface area (Å²) < 4.78 is 0. The van der Waals surface area contributed by atoms with Gasteiger partial charge in [-0.1, -0.05) is 0 Å². The van der Waals surface area contributed by atoms with Crippen molar-refractivity contribution in [2.45, 2.75) is 72.0 Å². The maximum absolute atomic E-state index is 11.6. The lowest BCUT2D eigenvalue weighted by Crippen LogP contribution is -1.98. The minimum atomic E-state index is -0.878. The Morgan fingerprint density at radius 1 is 0.727 bits per heavy atom. The number of aromatic amines is 2. The summed E-state index contributed by atoms with van der Waals surface area (Å²) in [6.07, 6.45) is 1.36. The summed E-state index contributed by atoms with van der Waals surface area (Å²) >= 11 is 9.35. The molecule has 3 aromatic rings. The van der Waals surface area contributed by atoms with Gasteiger partial charge in [-0.2, -0.15) is 25.3 Å². The first kappa shape index (κ1) is 31.7. The molecule has 0 amide bonds. The molecule has 44 heavy (non-hydrogen) atoms. The van der Waals surface area contributed by atoms with Crippen LogP contribution in [0.3, 0.4) is 0 Å². The van der Waals surface area contributed by atoms with Gasteiger partial charge in [0, 0.05) is 40.2 Å². The quantitative estimate of drug-likeness (QED) is 0.133. The van der Waals surface area contributed by atoms with E-state index < -0.39 is 11.9 Å². The first-order valence-corrected chi connectivity index (χ1v) is 15.9. The number of nitrogens with zero attached hydrogens (tertiary/aromatic N) is 2. The van der Waals surface area contributed by atoms with E-state index in [1.807, 2.05) is 32.0 Å². The predicted molar refractivity (Wildman–Crippen MR) is 184 cm³/mol. The van der Waals surface area contributed by atoms with Crippen LogP contribution in [0.15, 0.2) is 24.3 Å². The summed E-state index contributed by atoms with van der Waals surface area (Å²) in [5.74, 6) is -1.08. The molecule has 2 aliphatic rings. The Bertz CT molecular complexity index is 1910. The summed E-state index contributed by atoms with van der Waals surface area (Å²) in [4.78, 5) is 40.4. The first-order chi connectivity index (χ1) is 20.9. The molecule has 0 saturated carbocycles. The molecule has 3 aromatic heterocycles. The van der Waals surface area contributed by atoms with Gasteiger partial charge in [-0.15, -0.1) is 0 Å². The van der Waals surface area contributed by atoms with Crippen molar-refractivity contribution >= 4 is 81.6 Å². The van der Waals surface area contributed by atoms with Crippen molar-refractivity contribution in [2.24, 2.45) is 0 Å². The van der Waals surface area contributed by atoms with Gasteiger partial charge in [0.2, 0.25) is 0 Å². The average molecular weight is 631 g/mol. The van der Waals surface area contributed by atoms with Crippen LogP contribution >= 0.6 is 25.3 Å². The smallest absolute Gasteiger partial charge is 0.303 e. The molecule has 0 saturated heterocycles. The Balaban J connectivity index is 1.94. The van der Waals surface area contributed by atoms with Gasteiger partial charge < -0.3 is 20.2 Å². The van der Waals surface area contributed by atoms with Crippen molar-refractivity contribution in [1.29, 1.82) is 0 Å². The number of carboxylic acids is 2. The number of rotatable bonds is 9. The summed E-state index contributed by atoms with van der Waals surface area (Å²) in [7, 11) is 0. The number of aryl methyl sites for hydroxylation is 3. The third kappa shape index (κ3) is 6.10. The number of thiol groups is 2. The number of fused-ring (bicyclic) bond motifs is 8. The molecule has 0 radical (unpaired) electrons. The molecule has 0 aromatic carbocycles. The van der Waals surface area contributed by atoms with Crippen molar-refractivity contribution in [3.8, 4) is 0 Å². The van der Waals surface area contributed by atoms with Gasteiger partial charge >= 0.3 is 11.9 Å². The number of hydrogen-bond donors (Lipinski definition) is 6. The Morgan fingerprint density at radius 2 is 1.20 bits per heavy atom. The molecule has 4 N–H and O–H groups in total. The van der Waals surface area contributed by atoms with Crippen molar-refractivity contribution in [2.75, 3.05) is 5.75 Å². The Labute approximate surface area is 267 Å². The third-order valence-electron chi connectivity index (χ3n) is 8.67. The normalized spacial score (nSPS) is 14.0. The maximum Gasteiger partial charge on any atom is 0.303 e. The number of H-pyrrole nitrogens is 2. The molecule has 0 unspecified atom stereocenters. The molecule has 5 heterocycles. The Hall–Kier alpha value is -3.76. The Kier molecular flexibility index (Phi) is 9.13. The highest BCUT2D eigenvalue weighted by Gasteiger charge is 2.22. The summed E-state index contributed by atoms with van der Waals surface area (Å²) in [5, 5.41) is 19.0. The molecule has 8 bridgehead atoms. The zero-order valence-electron chi connectivity index (χ0n) is 25.6. The van der Waals surface area contributed by atoms with Gasteiger partial charge in [0.05, 0.1) is 22.8 Å². The van der Waals surface area contributed by atoms with E-state index in [2.05, 4.69) is 49.4 Å². The monoisotopic (exact) mass is 630 g/mol. The van der Waals surface area contributed by atoms with Crippen LogP contribution < -0.4 is 0 Å². The molecular formula is C34H38N4O4S2. The zero-order valence-corrected chi connectivity index (χ0v) is 27.4. The van der Waals surface area contributed by atoms with E-state index in [0.29, 0.717) is 24.3 Å². The molecule has 2 aliphatic heterocycles. The van der Waals surface area contributed by atoms with Gasteiger partial charge in [-0.25, -0.2) is 9.97 Å². The molecule has 10 heteroatoms. The van der Waals surface area contributed by atoms with Crippen LogP contribution in [-0.4, -0.2) is 47.8 Å². The lowest BCUT2D eigenvalue weighted by Gasteiger charge is -2.04. The first-order valence-electron chi connectivity index (χ1n) is 14.8. The third-order valence-corrected chi connectivity index (χ3v) is 9.16. The van der Waals surface area contributed by atoms with Crippen molar-refractivity contribution in [3.05, 3.63) is 69.3 Å². The molecule has 0 fully saturated rings. The lowest BCUT2D eigenvalue weighted by molar-refractivity contribution is -0.137. The lowest BCUT2D eigenvalue weighted by atomic mass is 10.00. The number of aromatic nitrogens is 4. The van der Waals surface area contributed by atoms with Gasteiger partial charge in [0.25, 0.3) is 0 Å². The second-order valence-corrected chi connectivity index (χ2v) is 12.8. The number of nitrogens with one attached hydrogen (secondary N) is 2. The average Bonchev–Trinajstić information content (AvgIpc) is 3.61. The molecule has 8 nitrogen and oxygen atoms in total. The van der Waals surface area contributed by atoms with Crippen molar-refractivity contribution in [1.82, 2.24) is 19.9 Å². The zero-order chi connectivity index (χ0) is 31.9. The van der Waals surface area contributed by atoms with E-state index in [-0.39, 0.29) is 18.1 Å². The van der Waals surface area contributed by atoms with Crippen LogP contribution in [0.25, 0.3) is 44.4 Å². The summed E-state index contributed by atoms with van der Waals surface area (Å²) in [6, 6.07) is 8.07. The maximum atomic E-state index is 11.6. The van der Waals surface area contributed by atoms with Gasteiger partial charge in [0.1, 0.15) is 0 Å². The standard InChI is InChI=1S/C34H38N4O4S2/c1-16-21(6-8-32(39)40)29-15-30-22(7-9-33(41)42)17(2)25(36-30)13-28-23(10-11-43)18(3)26(37-28)14-31-34(20(5)44)19(4)27(38-31)12-24(16)35-29/h12-15,20,36,38,43-44H,6-11H2,1-5H3,(H,39,40)(H,41,42)/t20-/m0/s1. The SMILES string of the molecule is CC1=C(CCS)c2cc3[nH]c(cc4nc(cc5[nH]c(cc1n2)c([C@H](C)S)c5C)C(C)=C4CCC(=O)O)c(CCC(=O)O)c3C. The van der Waals surface area contributed by atoms with Crippen LogP contribution in [0, 0.1) is 13.8 Å². The van der Waals surface area contributed by atoms with Crippen molar-refractivity contribution < 1.29 is 19.8 Å². The van der Waals surface area contributed by atoms with E-state index in [1.165, 1.54) is 0 Å². The van der Waals surface area contributed by atoms with Crippen LogP contribution in [0.2, 0.25) is 0 Å². The molecule has 1 atom stereocenters. The second-order valence-electron chi connectivity index (χ2n) is 11.5. The highest BCUT2D eigenvalue weighted by atomic mass is 32.1. The van der Waals surface area contributed by atoms with E-state index in [0.717, 1.165) is 90.1 Å². The van der Waals surface area contributed by atoms with Crippen LogP contribution in [0.1, 0.15) is 96.7 Å². The molecule has 0 aliphatic carbocycles. The number of carbonyl (C=O) groups is 2. The van der Waals surface area contributed by atoms with Crippen LogP contribution in [0.4, 0.5) is 0 Å². The topological polar surface area (TPSA) is 132 Å². The van der Waals surface area contributed by atoms with Crippen LogP contribution in [0.5, 0.6) is 0 Å².